The van der Waals surface area contributed by atoms with Gasteiger partial charge in [-0.1, -0.05) is 182 Å². The normalized spacial score (nSPS) is 16.6. The van der Waals surface area contributed by atoms with E-state index in [1.807, 2.05) is 163 Å². The van der Waals surface area contributed by atoms with Gasteiger partial charge in [-0.05, 0) is 45.9 Å². The molecule has 50 heavy (non-hydrogen) atoms. The molecule has 0 aromatic heterocycles. The number of aliphatic hydroxyl groups is 2. The molecule has 6 nitrogen and oxygen atoms in total. The summed E-state index contributed by atoms with van der Waals surface area (Å²) in [5.74, 6) is -0.814. The average molecular weight is 675 g/mol. The van der Waals surface area contributed by atoms with Crippen molar-refractivity contribution in [2.45, 2.75) is 96.9 Å². The van der Waals surface area contributed by atoms with Gasteiger partial charge in [0.1, 0.15) is 16.6 Å². The van der Waals surface area contributed by atoms with Gasteiger partial charge in [-0.2, -0.15) is 0 Å². The molecule has 5 rings (SSSR count). The molecule has 1 aliphatic carbocycles. The monoisotopic (exact) mass is 674 g/mol. The smallest absolute Gasteiger partial charge is 0.236 e. The van der Waals surface area contributed by atoms with Crippen molar-refractivity contribution in [3.8, 4) is 0 Å². The predicted molar refractivity (Wildman–Crippen MR) is 200 cm³/mol. The van der Waals surface area contributed by atoms with Gasteiger partial charge in [0, 0.05) is 0 Å². The van der Waals surface area contributed by atoms with Crippen molar-refractivity contribution in [2.24, 2.45) is 16.2 Å². The van der Waals surface area contributed by atoms with Crippen LogP contribution in [0.15, 0.2) is 121 Å². The predicted octanol–water partition coefficient (Wildman–Crippen LogP) is 7.87. The van der Waals surface area contributed by atoms with E-state index in [0.717, 1.165) is 6.42 Å². The van der Waals surface area contributed by atoms with E-state index in [9.17, 15) is 10.2 Å². The van der Waals surface area contributed by atoms with Gasteiger partial charge in [-0.3, -0.25) is 9.59 Å². The van der Waals surface area contributed by atoms with Crippen LogP contribution in [0.1, 0.15) is 95.9 Å². The molecule has 0 unspecified atom stereocenters. The van der Waals surface area contributed by atoms with Crippen molar-refractivity contribution < 1.29 is 19.8 Å². The molecule has 0 spiro atoms. The van der Waals surface area contributed by atoms with Crippen LogP contribution in [-0.2, 0) is 20.8 Å². The molecule has 0 saturated heterocycles. The third kappa shape index (κ3) is 7.15. The lowest BCUT2D eigenvalue weighted by Gasteiger charge is -2.48. The third-order valence-corrected chi connectivity index (χ3v) is 10.6. The fourth-order valence-electron chi connectivity index (χ4n) is 7.92. The van der Waals surface area contributed by atoms with E-state index in [0.29, 0.717) is 47.9 Å². The Hall–Kier alpha value is -4.26. The molecule has 0 radical (unpaired) electrons. The molecule has 4 aromatic carbocycles. The highest BCUT2D eigenvalue weighted by atomic mass is 16.3. The van der Waals surface area contributed by atoms with Gasteiger partial charge in [0.05, 0.1) is 12.1 Å². The first-order valence-corrected chi connectivity index (χ1v) is 17.9. The Bertz CT molecular complexity index is 1500. The molecule has 264 valence electrons. The first kappa shape index (κ1) is 37.0. The van der Waals surface area contributed by atoms with Crippen molar-refractivity contribution in [1.82, 2.24) is 10.6 Å². The van der Waals surface area contributed by atoms with E-state index in [4.69, 9.17) is 0 Å². The number of rotatable bonds is 10. The minimum Gasteiger partial charge on any atom is -0.378 e. The lowest BCUT2D eigenvalue weighted by Crippen LogP contribution is -2.65. The second-order valence-corrected chi connectivity index (χ2v) is 16.2. The summed E-state index contributed by atoms with van der Waals surface area (Å²) in [5.41, 5.74) is -3.26. The molecule has 6 heteroatoms. The molecule has 4 aromatic rings. The highest BCUT2D eigenvalue weighted by Crippen LogP contribution is 2.45. The first-order valence-electron chi connectivity index (χ1n) is 17.9. The Morgan fingerprint density at radius 2 is 0.760 bits per heavy atom. The SMILES string of the molecule is CC(C)(C)[C@@H](NC(=O)C1(C(=O)N[C@H](C(C)(C)C)C(O)(c2ccccc2)c2ccccc2)CCCCC1)C(O)(c1ccccc1)c1ccccc1. The fourth-order valence-corrected chi connectivity index (χ4v) is 7.92. The summed E-state index contributed by atoms with van der Waals surface area (Å²) in [6, 6.07) is 36.1. The Morgan fingerprint density at radius 1 is 0.500 bits per heavy atom. The van der Waals surface area contributed by atoms with E-state index in [1.54, 1.807) is 0 Å². The van der Waals surface area contributed by atoms with E-state index < -0.39 is 51.3 Å². The van der Waals surface area contributed by atoms with Crippen LogP contribution in [0.2, 0.25) is 0 Å². The van der Waals surface area contributed by atoms with Crippen molar-refractivity contribution >= 4 is 11.8 Å². The molecule has 1 fully saturated rings. The van der Waals surface area contributed by atoms with Crippen molar-refractivity contribution in [1.29, 1.82) is 0 Å². The van der Waals surface area contributed by atoms with Crippen molar-refractivity contribution in [3.05, 3.63) is 144 Å². The first-order chi connectivity index (χ1) is 23.6. The molecule has 0 heterocycles. The average Bonchev–Trinajstić information content (AvgIpc) is 3.12. The lowest BCUT2D eigenvalue weighted by molar-refractivity contribution is -0.151. The Labute approximate surface area is 298 Å². The standard InChI is InChI=1S/C44H54N2O4/c1-40(2,3)36(43(49,32-22-12-7-13-23-32)33-24-14-8-15-25-33)45-38(47)42(30-20-11-21-31-42)39(48)46-37(41(4,5)6)44(50,34-26-16-9-17-27-34)35-28-18-10-19-29-35/h7-10,12-19,22-29,36-37,49-50H,11,20-21,30-31H2,1-6H3,(H,45,47)(H,46,48)/t36-,37-/m1/s1. The van der Waals surface area contributed by atoms with E-state index in [1.165, 1.54) is 0 Å². The number of hydrogen-bond donors (Lipinski definition) is 4. The molecule has 2 atom stereocenters. The van der Waals surface area contributed by atoms with Crippen LogP contribution in [0.5, 0.6) is 0 Å². The zero-order valence-corrected chi connectivity index (χ0v) is 30.4. The summed E-state index contributed by atoms with van der Waals surface area (Å²) >= 11 is 0. The van der Waals surface area contributed by atoms with E-state index in [-0.39, 0.29) is 0 Å². The minimum absolute atomic E-state index is 0.364. The highest BCUT2D eigenvalue weighted by Gasteiger charge is 2.55. The summed E-state index contributed by atoms with van der Waals surface area (Å²) < 4.78 is 0. The number of carbonyl (C=O) groups is 2. The summed E-state index contributed by atoms with van der Waals surface area (Å²) in [7, 11) is 0. The van der Waals surface area contributed by atoms with Gasteiger partial charge < -0.3 is 20.8 Å². The second-order valence-electron chi connectivity index (χ2n) is 16.2. The molecule has 2 amide bonds. The largest absolute Gasteiger partial charge is 0.378 e. The van der Waals surface area contributed by atoms with Crippen LogP contribution in [0.3, 0.4) is 0 Å². The number of amides is 2. The van der Waals surface area contributed by atoms with Gasteiger partial charge in [0.2, 0.25) is 11.8 Å². The van der Waals surface area contributed by atoms with Crippen molar-refractivity contribution in [2.75, 3.05) is 0 Å². The van der Waals surface area contributed by atoms with Crippen LogP contribution < -0.4 is 10.6 Å². The van der Waals surface area contributed by atoms with Gasteiger partial charge >= 0.3 is 0 Å². The van der Waals surface area contributed by atoms with E-state index in [2.05, 4.69) is 10.6 Å². The quantitative estimate of drug-likeness (QED) is 0.129. The Kier molecular flexibility index (Phi) is 10.8. The maximum Gasteiger partial charge on any atom is 0.236 e. The van der Waals surface area contributed by atoms with Crippen LogP contribution in [0.25, 0.3) is 0 Å². The molecular weight excluding hydrogens is 620 g/mol. The Balaban J connectivity index is 1.59. The van der Waals surface area contributed by atoms with Crippen LogP contribution >= 0.6 is 0 Å². The number of carbonyl (C=O) groups excluding carboxylic acids is 2. The van der Waals surface area contributed by atoms with Crippen molar-refractivity contribution in [3.63, 3.8) is 0 Å². The van der Waals surface area contributed by atoms with Gasteiger partial charge in [0.25, 0.3) is 0 Å². The van der Waals surface area contributed by atoms with Crippen LogP contribution in [0.4, 0.5) is 0 Å². The topological polar surface area (TPSA) is 98.7 Å². The lowest BCUT2D eigenvalue weighted by atomic mass is 9.67. The molecule has 0 aliphatic heterocycles. The zero-order valence-electron chi connectivity index (χ0n) is 30.4. The molecule has 0 bridgehead atoms. The Morgan fingerprint density at radius 3 is 1.00 bits per heavy atom. The van der Waals surface area contributed by atoms with Crippen LogP contribution in [0, 0.1) is 16.2 Å². The molecule has 1 saturated carbocycles. The molecule has 4 N–H and O–H groups in total. The summed E-state index contributed by atoms with van der Waals surface area (Å²) in [6.45, 7) is 12.0. The summed E-state index contributed by atoms with van der Waals surface area (Å²) in [4.78, 5) is 30.0. The number of nitrogens with one attached hydrogen (secondary N) is 2. The number of hydrogen-bond acceptors (Lipinski definition) is 4. The summed E-state index contributed by atoms with van der Waals surface area (Å²) in [6.07, 6.45) is 3.07. The minimum atomic E-state index is -1.60. The van der Waals surface area contributed by atoms with Gasteiger partial charge in [-0.15, -0.1) is 0 Å². The van der Waals surface area contributed by atoms with Crippen LogP contribution in [-0.4, -0.2) is 34.1 Å². The zero-order chi connectivity index (χ0) is 36.2. The summed E-state index contributed by atoms with van der Waals surface area (Å²) in [5, 5.41) is 32.3. The second kappa shape index (κ2) is 14.5. The van der Waals surface area contributed by atoms with Gasteiger partial charge in [0.15, 0.2) is 0 Å². The number of benzene rings is 4. The molecule has 1 aliphatic rings. The van der Waals surface area contributed by atoms with Gasteiger partial charge in [-0.25, -0.2) is 0 Å². The maximum absolute atomic E-state index is 15.0. The third-order valence-electron chi connectivity index (χ3n) is 10.6. The maximum atomic E-state index is 15.0. The highest BCUT2D eigenvalue weighted by molar-refractivity contribution is 6.05. The van der Waals surface area contributed by atoms with E-state index >= 15 is 9.59 Å². The fraction of sp³-hybridized carbons (Fsp3) is 0.409. The molecular formula is C44H54N2O4.